The van der Waals surface area contributed by atoms with E-state index in [1.165, 1.54) is 22.7 Å². The zero-order chi connectivity index (χ0) is 27.7. The summed E-state index contributed by atoms with van der Waals surface area (Å²) in [6.45, 7) is 2.69. The number of halogens is 2. The molecule has 9 nitrogen and oxygen atoms in total. The average molecular weight is 685 g/mol. The molecule has 0 spiro atoms. The predicted molar refractivity (Wildman–Crippen MR) is 155 cm³/mol. The van der Waals surface area contributed by atoms with Crippen molar-refractivity contribution in [2.45, 2.75) is 32.7 Å². The Morgan fingerprint density at radius 1 is 1.13 bits per heavy atom. The Bertz CT molecular complexity index is 1630. The van der Waals surface area contributed by atoms with Gasteiger partial charge in [0.05, 0.1) is 21.0 Å². The first-order chi connectivity index (χ1) is 17.8. The fourth-order valence-corrected chi connectivity index (χ4v) is 7.70. The molecule has 0 atom stereocenters. The third-order valence-corrected chi connectivity index (χ3v) is 10.2. The van der Waals surface area contributed by atoms with Crippen molar-refractivity contribution in [2.75, 3.05) is 23.0 Å². The van der Waals surface area contributed by atoms with E-state index in [-0.39, 0.29) is 24.3 Å². The van der Waals surface area contributed by atoms with Crippen LogP contribution in [0, 0.1) is 0 Å². The lowest BCUT2D eigenvalue weighted by Crippen LogP contribution is -2.36. The number of thiazole rings is 1. The van der Waals surface area contributed by atoms with Gasteiger partial charge in [-0.05, 0) is 52.5 Å². The lowest BCUT2D eigenvalue weighted by atomic mass is 10.2. The number of nitrogens with zero attached hydrogens (tertiary/aromatic N) is 2. The number of fused-ring (bicyclic) bond motifs is 2. The first-order valence-corrected chi connectivity index (χ1v) is 17.5. The van der Waals surface area contributed by atoms with E-state index in [0.29, 0.717) is 35.5 Å². The summed E-state index contributed by atoms with van der Waals surface area (Å²) in [5, 5.41) is 2.12. The Morgan fingerprint density at radius 3 is 2.53 bits per heavy atom. The zero-order valence-corrected chi connectivity index (χ0v) is 25.7. The Hall–Kier alpha value is -1.52. The summed E-state index contributed by atoms with van der Waals surface area (Å²) < 4.78 is 73.3. The molecule has 0 aliphatic carbocycles. The van der Waals surface area contributed by atoms with Crippen LogP contribution >= 0.6 is 50.2 Å². The molecule has 2 aromatic heterocycles. The summed E-state index contributed by atoms with van der Waals surface area (Å²) in [6.07, 6.45) is 4.99. The summed E-state index contributed by atoms with van der Waals surface area (Å²) in [6, 6.07) is 7.44. The van der Waals surface area contributed by atoms with Gasteiger partial charge in [0.1, 0.15) is 4.70 Å². The molecule has 1 aromatic carbocycles. The normalized spacial score (nSPS) is 15.4. The van der Waals surface area contributed by atoms with Gasteiger partial charge in [-0.1, -0.05) is 41.2 Å². The van der Waals surface area contributed by atoms with E-state index in [4.69, 9.17) is 20.9 Å². The van der Waals surface area contributed by atoms with Crippen LogP contribution in [-0.2, 0) is 26.8 Å². The van der Waals surface area contributed by atoms with Crippen LogP contribution < -0.4 is 14.2 Å². The lowest BCUT2D eigenvalue weighted by molar-refractivity contribution is -0.668. The third-order valence-electron chi connectivity index (χ3n) is 5.69. The molecule has 0 unspecified atom stereocenters. The molecule has 1 aliphatic rings. The Balaban J connectivity index is 1.68. The highest BCUT2D eigenvalue weighted by Gasteiger charge is 2.29. The molecule has 0 fully saturated rings. The molecule has 38 heavy (non-hydrogen) atoms. The maximum absolute atomic E-state index is 11.3. The number of hydrogen-bond donors (Lipinski definition) is 2. The van der Waals surface area contributed by atoms with Crippen LogP contribution in [0.1, 0.15) is 31.2 Å². The van der Waals surface area contributed by atoms with Gasteiger partial charge in [-0.15, -0.1) is 0 Å². The molecule has 2 N–H and O–H groups in total. The van der Waals surface area contributed by atoms with Gasteiger partial charge in [0.2, 0.25) is 16.5 Å². The molecule has 4 rings (SSSR count). The summed E-state index contributed by atoms with van der Waals surface area (Å²) in [7, 11) is -8.16. The van der Waals surface area contributed by atoms with Crippen LogP contribution in [-0.4, -0.2) is 44.0 Å². The molecular weight excluding hydrogens is 660 g/mol. The predicted octanol–water partition coefficient (Wildman–Crippen LogP) is 5.76. The van der Waals surface area contributed by atoms with Gasteiger partial charge in [-0.2, -0.15) is 21.4 Å². The summed E-state index contributed by atoms with van der Waals surface area (Å²) in [5.74, 6) is -0.165. The van der Waals surface area contributed by atoms with Crippen molar-refractivity contribution in [3.05, 3.63) is 55.6 Å². The van der Waals surface area contributed by atoms with E-state index < -0.39 is 20.2 Å². The van der Waals surface area contributed by atoms with Crippen molar-refractivity contribution in [3.8, 4) is 5.06 Å². The van der Waals surface area contributed by atoms with E-state index in [0.717, 1.165) is 30.3 Å². The number of hydrogen-bond acceptors (Lipinski definition) is 8. The SMILES string of the molecule is CCC(=Cc1sc2ccc(Cl)cc2[n+]1CCCS(=O)(=O)O)C=C1Oc2sc(Br)cc2N1CCCS(=O)(=O)O. The monoisotopic (exact) mass is 683 g/mol. The van der Waals surface area contributed by atoms with E-state index >= 15 is 0 Å². The minimum atomic E-state index is -4.08. The van der Waals surface area contributed by atoms with E-state index in [2.05, 4.69) is 15.9 Å². The molecule has 0 radical (unpaired) electrons. The fourth-order valence-electron chi connectivity index (χ4n) is 3.99. The van der Waals surface area contributed by atoms with Gasteiger partial charge in [-0.3, -0.25) is 9.11 Å². The summed E-state index contributed by atoms with van der Waals surface area (Å²) in [4.78, 5) is 1.89. The zero-order valence-electron chi connectivity index (χ0n) is 20.1. The fraction of sp³-hybridized carbons (Fsp3) is 0.348. The molecule has 0 saturated carbocycles. The Labute approximate surface area is 242 Å². The topological polar surface area (TPSA) is 125 Å². The highest BCUT2D eigenvalue weighted by Crippen LogP contribution is 2.48. The molecule has 3 aromatic rings. The minimum absolute atomic E-state index is 0.211. The van der Waals surface area contributed by atoms with E-state index in [1.807, 2.05) is 46.7 Å². The molecule has 3 heterocycles. The van der Waals surface area contributed by atoms with Gasteiger partial charge in [0.15, 0.2) is 6.54 Å². The van der Waals surface area contributed by atoms with Crippen LogP contribution in [0.5, 0.6) is 5.06 Å². The van der Waals surface area contributed by atoms with Crippen molar-refractivity contribution >= 4 is 92.4 Å². The van der Waals surface area contributed by atoms with Crippen molar-refractivity contribution in [1.82, 2.24) is 0 Å². The van der Waals surface area contributed by atoms with Crippen LogP contribution in [0.15, 0.2) is 45.6 Å². The van der Waals surface area contributed by atoms with Crippen LogP contribution in [0.25, 0.3) is 16.3 Å². The number of aromatic nitrogens is 1. The third kappa shape index (κ3) is 7.56. The number of anilines is 1. The number of aryl methyl sites for hydroxylation is 1. The maximum Gasteiger partial charge on any atom is 0.265 e. The van der Waals surface area contributed by atoms with Gasteiger partial charge in [0.25, 0.3) is 25.2 Å². The number of thiophene rings is 1. The van der Waals surface area contributed by atoms with Crippen molar-refractivity contribution in [3.63, 3.8) is 0 Å². The van der Waals surface area contributed by atoms with Gasteiger partial charge >= 0.3 is 0 Å². The summed E-state index contributed by atoms with van der Waals surface area (Å²) >= 11 is 12.6. The Kier molecular flexibility index (Phi) is 9.24. The first-order valence-electron chi connectivity index (χ1n) is 11.5. The molecule has 15 heteroatoms. The van der Waals surface area contributed by atoms with E-state index in [1.54, 1.807) is 6.07 Å². The molecule has 1 aliphatic heterocycles. The first kappa shape index (κ1) is 29.5. The molecular formula is C23H25BrClN2O7S4+. The standard InChI is InChI=1S/C23H24BrClN2O7S4/c1-2-15(11-21-26(7-3-9-37(28,29)30)18-14-20(24)36-23(18)34-21)12-22-27(8-4-10-38(31,32)33)17-13-16(25)5-6-19(17)35-22/h5-6,11-14H,2-4,7-10H2,1H3,(H-,28,29,30,31,32,33)/p+1. The number of ether oxygens (including phenoxy) is 1. The quantitative estimate of drug-likeness (QED) is 0.193. The molecule has 0 saturated heterocycles. The highest BCUT2D eigenvalue weighted by molar-refractivity contribution is 9.11. The second-order valence-electron chi connectivity index (χ2n) is 8.52. The summed E-state index contributed by atoms with van der Waals surface area (Å²) in [5.41, 5.74) is 2.61. The second kappa shape index (κ2) is 11.9. The molecule has 0 bridgehead atoms. The lowest BCUT2D eigenvalue weighted by Gasteiger charge is -2.18. The smallest absolute Gasteiger partial charge is 0.265 e. The Morgan fingerprint density at radius 2 is 1.84 bits per heavy atom. The molecule has 206 valence electrons. The van der Waals surface area contributed by atoms with E-state index in [9.17, 15) is 21.4 Å². The second-order valence-corrected chi connectivity index (χ2v) is 15.6. The maximum atomic E-state index is 11.3. The van der Waals surface area contributed by atoms with Crippen molar-refractivity contribution < 1.29 is 35.2 Å². The minimum Gasteiger partial charge on any atom is -0.428 e. The van der Waals surface area contributed by atoms with Gasteiger partial charge in [0, 0.05) is 36.2 Å². The molecule has 0 amide bonds. The van der Waals surface area contributed by atoms with Crippen LogP contribution in [0.3, 0.4) is 0 Å². The van der Waals surface area contributed by atoms with Crippen LogP contribution in [0.4, 0.5) is 5.69 Å². The number of rotatable bonds is 11. The largest absolute Gasteiger partial charge is 0.428 e. The number of allylic oxidation sites excluding steroid dienone is 2. The van der Waals surface area contributed by atoms with Crippen molar-refractivity contribution in [2.24, 2.45) is 0 Å². The van der Waals surface area contributed by atoms with Gasteiger partial charge in [-0.25, -0.2) is 0 Å². The van der Waals surface area contributed by atoms with Crippen molar-refractivity contribution in [1.29, 1.82) is 0 Å². The van der Waals surface area contributed by atoms with Gasteiger partial charge < -0.3 is 9.64 Å². The highest BCUT2D eigenvalue weighted by atomic mass is 79.9. The number of benzene rings is 1. The average Bonchev–Trinajstić information content (AvgIpc) is 3.42. The van der Waals surface area contributed by atoms with Crippen LogP contribution in [0.2, 0.25) is 5.02 Å².